The summed E-state index contributed by atoms with van der Waals surface area (Å²) in [5.41, 5.74) is 0.898. The van der Waals surface area contributed by atoms with Gasteiger partial charge in [-0.3, -0.25) is 4.79 Å². The molecule has 0 aromatic heterocycles. The summed E-state index contributed by atoms with van der Waals surface area (Å²) in [6.45, 7) is 4.04. The largest absolute Gasteiger partial charge is 0.324 e. The van der Waals surface area contributed by atoms with Gasteiger partial charge < -0.3 is 5.32 Å². The van der Waals surface area contributed by atoms with Gasteiger partial charge in [0.1, 0.15) is 0 Å². The van der Waals surface area contributed by atoms with E-state index in [-0.39, 0.29) is 11.2 Å². The summed E-state index contributed by atoms with van der Waals surface area (Å²) >= 11 is 3.31. The average Bonchev–Trinajstić information content (AvgIpc) is 2.50. The molecule has 2 nitrogen and oxygen atoms in total. The molecule has 0 unspecified atom stereocenters. The minimum Gasteiger partial charge on any atom is -0.324 e. The van der Waals surface area contributed by atoms with Gasteiger partial charge in [-0.1, -0.05) is 37.3 Å². The number of nitrogens with one attached hydrogen (secondary N) is 1. The van der Waals surface area contributed by atoms with Crippen LogP contribution in [0.3, 0.4) is 0 Å². The van der Waals surface area contributed by atoms with E-state index >= 15 is 0 Å². The molecule has 1 N–H and O–H groups in total. The Bertz CT molecular complexity index is 586. The molecule has 0 aliphatic rings. The van der Waals surface area contributed by atoms with Gasteiger partial charge in [0.2, 0.25) is 5.91 Å². The van der Waals surface area contributed by atoms with Crippen LogP contribution in [-0.4, -0.2) is 16.9 Å². The van der Waals surface area contributed by atoms with E-state index in [1.165, 1.54) is 0 Å². The lowest BCUT2D eigenvalue weighted by Crippen LogP contribution is -2.22. The molecule has 1 amide bonds. The molecule has 2 aromatic carbocycles. The Morgan fingerprint density at radius 1 is 1.10 bits per heavy atom. The van der Waals surface area contributed by atoms with Gasteiger partial charge in [-0.25, -0.2) is 0 Å². The fourth-order valence-electron chi connectivity index (χ4n) is 1.84. The lowest BCUT2D eigenvalue weighted by Gasteiger charge is -2.14. The van der Waals surface area contributed by atoms with E-state index in [0.29, 0.717) is 0 Å². The van der Waals surface area contributed by atoms with Crippen LogP contribution >= 0.6 is 23.5 Å². The van der Waals surface area contributed by atoms with Crippen molar-refractivity contribution < 1.29 is 4.79 Å². The fraction of sp³-hybridized carbons (Fsp3) is 0.235. The van der Waals surface area contributed by atoms with Crippen molar-refractivity contribution in [1.82, 2.24) is 0 Å². The van der Waals surface area contributed by atoms with Crippen molar-refractivity contribution in [3.8, 4) is 0 Å². The number of carbonyl (C=O) groups is 1. The maximum absolute atomic E-state index is 12.3. The second-order valence-electron chi connectivity index (χ2n) is 4.49. The molecule has 1 atom stereocenters. The highest BCUT2D eigenvalue weighted by Crippen LogP contribution is 2.28. The lowest BCUT2D eigenvalue weighted by molar-refractivity contribution is -0.115. The molecule has 2 rings (SSSR count). The van der Waals surface area contributed by atoms with Crippen LogP contribution in [0.15, 0.2) is 64.4 Å². The number of amides is 1. The van der Waals surface area contributed by atoms with E-state index in [2.05, 4.69) is 12.2 Å². The van der Waals surface area contributed by atoms with E-state index in [1.807, 2.05) is 61.5 Å². The Labute approximate surface area is 134 Å². The number of thioether (sulfide) groups is 2. The second-order valence-corrected chi connectivity index (χ2v) is 7.21. The minimum atomic E-state index is -0.132. The van der Waals surface area contributed by atoms with Crippen LogP contribution in [0, 0.1) is 0 Å². The van der Waals surface area contributed by atoms with Crippen LogP contribution in [0.4, 0.5) is 5.69 Å². The van der Waals surface area contributed by atoms with E-state index in [0.717, 1.165) is 21.2 Å². The number of benzene rings is 2. The average molecular weight is 317 g/mol. The van der Waals surface area contributed by atoms with Gasteiger partial charge in [-0.2, -0.15) is 0 Å². The molecule has 0 saturated heterocycles. The summed E-state index contributed by atoms with van der Waals surface area (Å²) in [4.78, 5) is 14.6. The molecule has 21 heavy (non-hydrogen) atoms. The van der Waals surface area contributed by atoms with Gasteiger partial charge >= 0.3 is 0 Å². The summed E-state index contributed by atoms with van der Waals surface area (Å²) in [5.74, 6) is 1.02. The molecule has 4 heteroatoms. The van der Waals surface area contributed by atoms with Crippen molar-refractivity contribution in [2.45, 2.75) is 28.9 Å². The zero-order valence-electron chi connectivity index (χ0n) is 12.2. The first kappa shape index (κ1) is 16.0. The predicted octanol–water partition coefficient (Wildman–Crippen LogP) is 4.92. The van der Waals surface area contributed by atoms with Gasteiger partial charge in [-0.15, -0.1) is 23.5 Å². The number of rotatable bonds is 6. The maximum atomic E-state index is 12.3. The van der Waals surface area contributed by atoms with Crippen molar-refractivity contribution >= 4 is 35.1 Å². The van der Waals surface area contributed by atoms with Gasteiger partial charge in [0, 0.05) is 9.79 Å². The summed E-state index contributed by atoms with van der Waals surface area (Å²) in [5, 5.41) is 2.90. The van der Waals surface area contributed by atoms with Crippen LogP contribution in [0.2, 0.25) is 0 Å². The lowest BCUT2D eigenvalue weighted by atomic mass is 10.3. The monoisotopic (exact) mass is 317 g/mol. The summed E-state index contributed by atoms with van der Waals surface area (Å²) < 4.78 is 0. The number of hydrogen-bond acceptors (Lipinski definition) is 3. The van der Waals surface area contributed by atoms with Crippen molar-refractivity contribution in [2.75, 3.05) is 11.1 Å². The summed E-state index contributed by atoms with van der Waals surface area (Å²) in [7, 11) is 0. The van der Waals surface area contributed by atoms with Crippen molar-refractivity contribution in [3.63, 3.8) is 0 Å². The molecule has 0 fully saturated rings. The fourth-order valence-corrected chi connectivity index (χ4v) is 3.49. The van der Waals surface area contributed by atoms with Crippen LogP contribution < -0.4 is 5.32 Å². The smallest absolute Gasteiger partial charge is 0.237 e. The zero-order valence-corrected chi connectivity index (χ0v) is 13.8. The second kappa shape index (κ2) is 8.15. The highest BCUT2D eigenvalue weighted by atomic mass is 32.2. The standard InChI is InChI=1S/C17H19NOS2/c1-3-20-16-12-8-7-11-15(16)18-17(19)13(2)21-14-9-5-4-6-10-14/h4-13H,3H2,1-2H3,(H,18,19)/t13-/m0/s1. The molecule has 0 radical (unpaired) electrons. The van der Waals surface area contributed by atoms with Crippen molar-refractivity contribution in [3.05, 3.63) is 54.6 Å². The topological polar surface area (TPSA) is 29.1 Å². The van der Waals surface area contributed by atoms with Gasteiger partial charge in [-0.05, 0) is 36.9 Å². The first-order valence-corrected chi connectivity index (χ1v) is 8.81. The van der Waals surface area contributed by atoms with E-state index in [4.69, 9.17) is 0 Å². The third-order valence-electron chi connectivity index (χ3n) is 2.87. The van der Waals surface area contributed by atoms with Crippen molar-refractivity contribution in [2.24, 2.45) is 0 Å². The first-order valence-electron chi connectivity index (χ1n) is 6.95. The number of anilines is 1. The number of para-hydroxylation sites is 1. The molecule has 0 spiro atoms. The summed E-state index contributed by atoms with van der Waals surface area (Å²) in [6.07, 6.45) is 0. The van der Waals surface area contributed by atoms with Crippen LogP contribution in [0.25, 0.3) is 0 Å². The minimum absolute atomic E-state index is 0.0352. The zero-order chi connectivity index (χ0) is 15.1. The Balaban J connectivity index is 2.01. The highest BCUT2D eigenvalue weighted by molar-refractivity contribution is 8.00. The molecular formula is C17H19NOS2. The summed E-state index contributed by atoms with van der Waals surface area (Å²) in [6, 6.07) is 17.9. The normalized spacial score (nSPS) is 11.9. The predicted molar refractivity (Wildman–Crippen MR) is 93.2 cm³/mol. The van der Waals surface area contributed by atoms with E-state index in [9.17, 15) is 4.79 Å². The van der Waals surface area contributed by atoms with Crippen LogP contribution in [-0.2, 0) is 4.79 Å². The third-order valence-corrected chi connectivity index (χ3v) is 4.94. The van der Waals surface area contributed by atoms with Crippen LogP contribution in [0.5, 0.6) is 0 Å². The quantitative estimate of drug-likeness (QED) is 0.767. The molecule has 0 bridgehead atoms. The molecule has 0 aliphatic heterocycles. The Kier molecular flexibility index (Phi) is 6.21. The Morgan fingerprint density at radius 3 is 2.48 bits per heavy atom. The number of hydrogen-bond donors (Lipinski definition) is 1. The van der Waals surface area contributed by atoms with Crippen molar-refractivity contribution in [1.29, 1.82) is 0 Å². The van der Waals surface area contributed by atoms with E-state index < -0.39 is 0 Å². The van der Waals surface area contributed by atoms with Gasteiger partial charge in [0.15, 0.2) is 0 Å². The SMILES string of the molecule is CCSc1ccccc1NC(=O)[C@H](C)Sc1ccccc1. The van der Waals surface area contributed by atoms with Gasteiger partial charge in [0.25, 0.3) is 0 Å². The molecule has 110 valence electrons. The first-order chi connectivity index (χ1) is 10.2. The van der Waals surface area contributed by atoms with E-state index in [1.54, 1.807) is 23.5 Å². The van der Waals surface area contributed by atoms with Crippen LogP contribution in [0.1, 0.15) is 13.8 Å². The molecule has 0 saturated carbocycles. The maximum Gasteiger partial charge on any atom is 0.237 e. The Morgan fingerprint density at radius 2 is 1.76 bits per heavy atom. The van der Waals surface area contributed by atoms with Gasteiger partial charge in [0.05, 0.1) is 10.9 Å². The number of carbonyl (C=O) groups excluding carboxylic acids is 1. The Hall–Kier alpha value is -1.39. The molecule has 0 heterocycles. The molecule has 2 aromatic rings. The third kappa shape index (κ3) is 4.83. The molecular weight excluding hydrogens is 298 g/mol. The highest BCUT2D eigenvalue weighted by Gasteiger charge is 2.15. The molecule has 0 aliphatic carbocycles.